The predicted molar refractivity (Wildman–Crippen MR) is 61.4 cm³/mol. The summed E-state index contributed by atoms with van der Waals surface area (Å²) in [6, 6.07) is 7.54. The summed E-state index contributed by atoms with van der Waals surface area (Å²) >= 11 is 0. The maximum Gasteiger partial charge on any atom is 0.237 e. The minimum absolute atomic E-state index is 0.00435. The van der Waals surface area contributed by atoms with Crippen molar-refractivity contribution < 1.29 is 4.79 Å². The smallest absolute Gasteiger partial charge is 0.237 e. The second-order valence-corrected chi connectivity index (χ2v) is 3.88. The SMILES string of the molecule is Cc1ccccc1[C@@H](C)NC(=O)[C@@H](C)N. The highest BCUT2D eigenvalue weighted by Gasteiger charge is 2.13. The summed E-state index contributed by atoms with van der Waals surface area (Å²) in [4.78, 5) is 11.4. The monoisotopic (exact) mass is 206 g/mol. The minimum atomic E-state index is -0.462. The molecule has 3 heteroatoms. The van der Waals surface area contributed by atoms with Crippen LogP contribution in [0.15, 0.2) is 24.3 Å². The molecule has 1 amide bonds. The third kappa shape index (κ3) is 3.06. The highest BCUT2D eigenvalue weighted by molar-refractivity contribution is 5.81. The first kappa shape index (κ1) is 11.7. The normalized spacial score (nSPS) is 14.4. The largest absolute Gasteiger partial charge is 0.348 e. The number of carbonyl (C=O) groups excluding carboxylic acids is 1. The molecule has 0 unspecified atom stereocenters. The predicted octanol–water partition coefficient (Wildman–Crippen LogP) is 1.52. The fourth-order valence-corrected chi connectivity index (χ4v) is 1.50. The van der Waals surface area contributed by atoms with Crippen molar-refractivity contribution in [3.63, 3.8) is 0 Å². The molecule has 0 saturated carbocycles. The van der Waals surface area contributed by atoms with E-state index in [1.54, 1.807) is 6.92 Å². The molecule has 0 bridgehead atoms. The molecule has 0 aliphatic heterocycles. The molecule has 1 rings (SSSR count). The third-order valence-electron chi connectivity index (χ3n) is 2.43. The lowest BCUT2D eigenvalue weighted by Gasteiger charge is -2.17. The van der Waals surface area contributed by atoms with E-state index < -0.39 is 6.04 Å². The molecule has 0 aliphatic rings. The maximum atomic E-state index is 11.4. The van der Waals surface area contributed by atoms with Gasteiger partial charge in [0.15, 0.2) is 0 Å². The first-order chi connectivity index (χ1) is 7.02. The average molecular weight is 206 g/mol. The van der Waals surface area contributed by atoms with Crippen molar-refractivity contribution in [1.29, 1.82) is 0 Å². The zero-order valence-corrected chi connectivity index (χ0v) is 9.45. The molecule has 15 heavy (non-hydrogen) atoms. The van der Waals surface area contributed by atoms with E-state index in [4.69, 9.17) is 5.73 Å². The lowest BCUT2D eigenvalue weighted by molar-refractivity contribution is -0.122. The van der Waals surface area contributed by atoms with Gasteiger partial charge in [-0.15, -0.1) is 0 Å². The number of rotatable bonds is 3. The Bertz CT molecular complexity index is 347. The zero-order valence-electron chi connectivity index (χ0n) is 9.45. The number of nitrogens with one attached hydrogen (secondary N) is 1. The summed E-state index contributed by atoms with van der Waals surface area (Å²) in [5.41, 5.74) is 7.80. The molecule has 1 aromatic rings. The van der Waals surface area contributed by atoms with Gasteiger partial charge in [0.05, 0.1) is 12.1 Å². The Kier molecular flexibility index (Phi) is 3.86. The summed E-state index contributed by atoms with van der Waals surface area (Å²) in [5, 5.41) is 2.87. The standard InChI is InChI=1S/C12H18N2O/c1-8-6-4-5-7-11(8)10(3)14-12(15)9(2)13/h4-7,9-10H,13H2,1-3H3,(H,14,15)/t9-,10-/m1/s1. The number of hydrogen-bond acceptors (Lipinski definition) is 2. The number of hydrogen-bond donors (Lipinski definition) is 2. The Labute approximate surface area is 90.7 Å². The van der Waals surface area contributed by atoms with Crippen LogP contribution in [0.25, 0.3) is 0 Å². The molecular weight excluding hydrogens is 188 g/mol. The summed E-state index contributed by atoms with van der Waals surface area (Å²) in [5.74, 6) is -0.120. The second kappa shape index (κ2) is 4.94. The molecule has 0 heterocycles. The topological polar surface area (TPSA) is 55.1 Å². The molecule has 2 atom stereocenters. The van der Waals surface area contributed by atoms with Gasteiger partial charge in [0, 0.05) is 0 Å². The third-order valence-corrected chi connectivity index (χ3v) is 2.43. The fraction of sp³-hybridized carbons (Fsp3) is 0.417. The van der Waals surface area contributed by atoms with Gasteiger partial charge in [-0.1, -0.05) is 24.3 Å². The number of nitrogens with two attached hydrogens (primary N) is 1. The van der Waals surface area contributed by atoms with Gasteiger partial charge in [-0.25, -0.2) is 0 Å². The van der Waals surface area contributed by atoms with Crippen molar-refractivity contribution in [3.8, 4) is 0 Å². The fourth-order valence-electron chi connectivity index (χ4n) is 1.50. The van der Waals surface area contributed by atoms with Crippen molar-refractivity contribution >= 4 is 5.91 Å². The van der Waals surface area contributed by atoms with Crippen LogP contribution in [0.3, 0.4) is 0 Å². The van der Waals surface area contributed by atoms with Gasteiger partial charge in [-0.3, -0.25) is 4.79 Å². The highest BCUT2D eigenvalue weighted by Crippen LogP contribution is 2.16. The van der Waals surface area contributed by atoms with E-state index in [9.17, 15) is 4.79 Å². The number of amides is 1. The van der Waals surface area contributed by atoms with Gasteiger partial charge in [0.25, 0.3) is 0 Å². The molecule has 0 radical (unpaired) electrons. The first-order valence-electron chi connectivity index (χ1n) is 5.14. The number of carbonyl (C=O) groups is 1. The van der Waals surface area contributed by atoms with Crippen LogP contribution in [0.4, 0.5) is 0 Å². The first-order valence-corrected chi connectivity index (χ1v) is 5.14. The molecule has 1 aromatic carbocycles. The summed E-state index contributed by atoms with van der Waals surface area (Å²) in [6.45, 7) is 5.67. The molecular formula is C12H18N2O. The lowest BCUT2D eigenvalue weighted by Crippen LogP contribution is -2.39. The van der Waals surface area contributed by atoms with E-state index in [0.717, 1.165) is 5.56 Å². The van der Waals surface area contributed by atoms with E-state index in [1.165, 1.54) is 5.56 Å². The lowest BCUT2D eigenvalue weighted by atomic mass is 10.0. The summed E-state index contributed by atoms with van der Waals surface area (Å²) in [6.07, 6.45) is 0. The van der Waals surface area contributed by atoms with E-state index in [2.05, 4.69) is 5.32 Å². The Balaban J connectivity index is 2.73. The molecule has 0 saturated heterocycles. The van der Waals surface area contributed by atoms with Crippen LogP contribution in [0.1, 0.15) is 31.0 Å². The van der Waals surface area contributed by atoms with Crippen molar-refractivity contribution in [3.05, 3.63) is 35.4 Å². The molecule has 0 aromatic heterocycles. The minimum Gasteiger partial charge on any atom is -0.348 e. The number of aryl methyl sites for hydroxylation is 1. The van der Waals surface area contributed by atoms with E-state index in [0.29, 0.717) is 0 Å². The van der Waals surface area contributed by atoms with Crippen LogP contribution in [-0.4, -0.2) is 11.9 Å². The van der Waals surface area contributed by atoms with Gasteiger partial charge in [-0.05, 0) is 31.9 Å². The van der Waals surface area contributed by atoms with Gasteiger partial charge in [0.2, 0.25) is 5.91 Å². The van der Waals surface area contributed by atoms with Gasteiger partial charge in [-0.2, -0.15) is 0 Å². The Hall–Kier alpha value is -1.35. The molecule has 82 valence electrons. The van der Waals surface area contributed by atoms with E-state index in [-0.39, 0.29) is 11.9 Å². The van der Waals surface area contributed by atoms with Crippen LogP contribution in [-0.2, 0) is 4.79 Å². The number of benzene rings is 1. The van der Waals surface area contributed by atoms with Crippen LogP contribution in [0.5, 0.6) is 0 Å². The summed E-state index contributed by atoms with van der Waals surface area (Å²) < 4.78 is 0. The second-order valence-electron chi connectivity index (χ2n) is 3.88. The van der Waals surface area contributed by atoms with Crippen molar-refractivity contribution in [2.45, 2.75) is 32.9 Å². The van der Waals surface area contributed by atoms with Gasteiger partial charge in [0.1, 0.15) is 0 Å². The molecule has 3 N–H and O–H groups in total. The summed E-state index contributed by atoms with van der Waals surface area (Å²) in [7, 11) is 0. The molecule has 0 aliphatic carbocycles. The average Bonchev–Trinajstić information content (AvgIpc) is 2.18. The highest BCUT2D eigenvalue weighted by atomic mass is 16.2. The van der Waals surface area contributed by atoms with Crippen LogP contribution in [0.2, 0.25) is 0 Å². The van der Waals surface area contributed by atoms with Crippen LogP contribution >= 0.6 is 0 Å². The van der Waals surface area contributed by atoms with Crippen molar-refractivity contribution in [1.82, 2.24) is 5.32 Å². The van der Waals surface area contributed by atoms with Gasteiger partial charge < -0.3 is 11.1 Å². The van der Waals surface area contributed by atoms with Crippen molar-refractivity contribution in [2.24, 2.45) is 5.73 Å². The zero-order chi connectivity index (χ0) is 11.4. The molecule has 3 nitrogen and oxygen atoms in total. The molecule has 0 spiro atoms. The van der Waals surface area contributed by atoms with Crippen molar-refractivity contribution in [2.75, 3.05) is 0 Å². The Morgan fingerprint density at radius 3 is 2.47 bits per heavy atom. The van der Waals surface area contributed by atoms with E-state index >= 15 is 0 Å². The van der Waals surface area contributed by atoms with Crippen LogP contribution in [0, 0.1) is 6.92 Å². The van der Waals surface area contributed by atoms with E-state index in [1.807, 2.05) is 38.1 Å². The van der Waals surface area contributed by atoms with Crippen LogP contribution < -0.4 is 11.1 Å². The Morgan fingerprint density at radius 1 is 1.33 bits per heavy atom. The molecule has 0 fully saturated rings. The maximum absolute atomic E-state index is 11.4. The quantitative estimate of drug-likeness (QED) is 0.787. The Morgan fingerprint density at radius 2 is 1.93 bits per heavy atom. The van der Waals surface area contributed by atoms with Gasteiger partial charge >= 0.3 is 0 Å².